The van der Waals surface area contributed by atoms with E-state index in [1.54, 1.807) is 4.90 Å². The van der Waals surface area contributed by atoms with E-state index in [9.17, 15) is 14.7 Å². The van der Waals surface area contributed by atoms with Crippen LogP contribution >= 0.6 is 0 Å². The summed E-state index contributed by atoms with van der Waals surface area (Å²) in [5.41, 5.74) is 0.926. The molecule has 20 heavy (non-hydrogen) atoms. The van der Waals surface area contributed by atoms with E-state index in [4.69, 9.17) is 0 Å². The van der Waals surface area contributed by atoms with E-state index in [1.165, 1.54) is 0 Å². The minimum atomic E-state index is -0.832. The number of rotatable bonds is 2. The number of aliphatic hydroxyl groups excluding tert-OH is 1. The number of amides is 2. The minimum absolute atomic E-state index is 0.236. The molecule has 2 aliphatic rings. The first-order valence-electron chi connectivity index (χ1n) is 6.76. The number of carbonyl (C=O) groups excluding carboxylic acids is 2. The molecule has 0 saturated carbocycles. The standard InChI is InChI=1S/C14H17N3O3/c18-12-7-6-11(13(19)15-12)17-9-8-16(14(17)20)10-4-2-1-3-5-10/h1-5,11,14,20H,6-9H2,(H,15,18,19). The number of nitrogens with zero attached hydrogens (tertiary/aromatic N) is 2. The van der Waals surface area contributed by atoms with Crippen LogP contribution in [0.4, 0.5) is 5.69 Å². The molecule has 2 heterocycles. The lowest BCUT2D eigenvalue weighted by molar-refractivity contribution is -0.140. The van der Waals surface area contributed by atoms with Gasteiger partial charge in [-0.25, -0.2) is 4.90 Å². The predicted octanol–water partition coefficient (Wildman–Crippen LogP) is -0.110. The molecule has 2 saturated heterocycles. The molecule has 2 aliphatic heterocycles. The van der Waals surface area contributed by atoms with Gasteiger partial charge in [0.25, 0.3) is 0 Å². The van der Waals surface area contributed by atoms with Gasteiger partial charge < -0.3 is 10.0 Å². The number of carbonyl (C=O) groups is 2. The molecule has 0 aliphatic carbocycles. The molecular formula is C14H17N3O3. The molecule has 0 radical (unpaired) electrons. The molecule has 1 aromatic rings. The van der Waals surface area contributed by atoms with Gasteiger partial charge in [-0.1, -0.05) is 18.2 Å². The average Bonchev–Trinajstić information content (AvgIpc) is 2.82. The summed E-state index contributed by atoms with van der Waals surface area (Å²) in [4.78, 5) is 26.7. The number of benzene rings is 1. The molecule has 6 heteroatoms. The SMILES string of the molecule is O=C1CCC(N2CCN(c3ccccc3)C2O)C(=O)N1. The highest BCUT2D eigenvalue weighted by atomic mass is 16.3. The van der Waals surface area contributed by atoms with E-state index in [0.717, 1.165) is 5.69 Å². The smallest absolute Gasteiger partial charge is 0.244 e. The molecule has 2 N–H and O–H groups in total. The van der Waals surface area contributed by atoms with E-state index < -0.39 is 12.4 Å². The largest absolute Gasteiger partial charge is 0.361 e. The molecule has 0 bridgehead atoms. The Labute approximate surface area is 117 Å². The molecule has 3 rings (SSSR count). The Morgan fingerprint density at radius 3 is 2.60 bits per heavy atom. The van der Waals surface area contributed by atoms with Crippen molar-refractivity contribution in [2.75, 3.05) is 18.0 Å². The average molecular weight is 275 g/mol. The topological polar surface area (TPSA) is 72.9 Å². The van der Waals surface area contributed by atoms with Crippen LogP contribution in [0.1, 0.15) is 12.8 Å². The van der Waals surface area contributed by atoms with Crippen LogP contribution in [0.2, 0.25) is 0 Å². The van der Waals surface area contributed by atoms with Gasteiger partial charge in [0.05, 0.1) is 6.04 Å². The molecule has 1 aromatic carbocycles. The van der Waals surface area contributed by atoms with Gasteiger partial charge in [-0.2, -0.15) is 0 Å². The highest BCUT2D eigenvalue weighted by Gasteiger charge is 2.40. The summed E-state index contributed by atoms with van der Waals surface area (Å²) in [5.74, 6) is -0.546. The highest BCUT2D eigenvalue weighted by molar-refractivity contribution is 6.00. The fourth-order valence-electron chi connectivity index (χ4n) is 2.83. The van der Waals surface area contributed by atoms with Crippen LogP contribution in [0, 0.1) is 0 Å². The van der Waals surface area contributed by atoms with Crippen molar-refractivity contribution in [2.45, 2.75) is 25.2 Å². The number of anilines is 1. The lowest BCUT2D eigenvalue weighted by Crippen LogP contribution is -2.55. The lowest BCUT2D eigenvalue weighted by atomic mass is 10.1. The highest BCUT2D eigenvalue weighted by Crippen LogP contribution is 2.25. The first-order valence-corrected chi connectivity index (χ1v) is 6.76. The molecule has 2 unspecified atom stereocenters. The van der Waals surface area contributed by atoms with Gasteiger partial charge >= 0.3 is 0 Å². The van der Waals surface area contributed by atoms with Crippen LogP contribution in [-0.2, 0) is 9.59 Å². The van der Waals surface area contributed by atoms with Crippen LogP contribution in [0.25, 0.3) is 0 Å². The van der Waals surface area contributed by atoms with Crippen molar-refractivity contribution < 1.29 is 14.7 Å². The second-order valence-electron chi connectivity index (χ2n) is 5.08. The van der Waals surface area contributed by atoms with Crippen molar-refractivity contribution in [1.29, 1.82) is 0 Å². The third-order valence-electron chi connectivity index (χ3n) is 3.87. The van der Waals surface area contributed by atoms with Gasteiger partial charge in [0.2, 0.25) is 11.8 Å². The Bertz CT molecular complexity index is 520. The van der Waals surface area contributed by atoms with E-state index >= 15 is 0 Å². The van der Waals surface area contributed by atoms with E-state index in [-0.39, 0.29) is 11.8 Å². The van der Waals surface area contributed by atoms with Crippen molar-refractivity contribution >= 4 is 17.5 Å². The Kier molecular flexibility index (Phi) is 3.42. The van der Waals surface area contributed by atoms with Crippen molar-refractivity contribution in [3.63, 3.8) is 0 Å². The first kappa shape index (κ1) is 13.1. The Balaban J connectivity index is 1.74. The fourth-order valence-corrected chi connectivity index (χ4v) is 2.83. The Morgan fingerprint density at radius 2 is 1.90 bits per heavy atom. The second-order valence-corrected chi connectivity index (χ2v) is 5.08. The van der Waals surface area contributed by atoms with Crippen molar-refractivity contribution in [2.24, 2.45) is 0 Å². The lowest BCUT2D eigenvalue weighted by Gasteiger charge is -2.33. The van der Waals surface area contributed by atoms with Crippen LogP contribution in [0.5, 0.6) is 0 Å². The minimum Gasteiger partial charge on any atom is -0.361 e. The number of aliphatic hydroxyl groups is 1. The monoisotopic (exact) mass is 275 g/mol. The summed E-state index contributed by atoms with van der Waals surface area (Å²) in [6.45, 7) is 1.26. The van der Waals surface area contributed by atoms with Crippen LogP contribution in [0.3, 0.4) is 0 Å². The molecular weight excluding hydrogens is 258 g/mol. The van der Waals surface area contributed by atoms with Crippen molar-refractivity contribution in [3.8, 4) is 0 Å². The zero-order valence-electron chi connectivity index (χ0n) is 11.0. The zero-order chi connectivity index (χ0) is 14.1. The molecule has 2 atom stereocenters. The number of hydrogen-bond acceptors (Lipinski definition) is 5. The normalized spacial score (nSPS) is 27.8. The number of imide groups is 1. The molecule has 2 amide bonds. The van der Waals surface area contributed by atoms with E-state index in [1.807, 2.05) is 35.2 Å². The number of nitrogens with one attached hydrogen (secondary N) is 1. The van der Waals surface area contributed by atoms with E-state index in [0.29, 0.717) is 25.9 Å². The Hall–Kier alpha value is -1.92. The predicted molar refractivity (Wildman–Crippen MR) is 72.7 cm³/mol. The van der Waals surface area contributed by atoms with Gasteiger partial charge in [-0.3, -0.25) is 14.9 Å². The maximum absolute atomic E-state index is 11.9. The summed E-state index contributed by atoms with van der Waals surface area (Å²) >= 11 is 0. The number of para-hydroxylation sites is 1. The molecule has 2 fully saturated rings. The van der Waals surface area contributed by atoms with Crippen LogP contribution < -0.4 is 10.2 Å². The second kappa shape index (κ2) is 5.22. The fraction of sp³-hybridized carbons (Fsp3) is 0.429. The molecule has 6 nitrogen and oxygen atoms in total. The maximum Gasteiger partial charge on any atom is 0.244 e. The zero-order valence-corrected chi connectivity index (χ0v) is 11.0. The summed E-state index contributed by atoms with van der Waals surface area (Å²) in [7, 11) is 0. The van der Waals surface area contributed by atoms with Gasteiger partial charge in [0.15, 0.2) is 6.35 Å². The van der Waals surface area contributed by atoms with Crippen molar-refractivity contribution in [1.82, 2.24) is 10.2 Å². The van der Waals surface area contributed by atoms with Crippen molar-refractivity contribution in [3.05, 3.63) is 30.3 Å². The molecule has 106 valence electrons. The number of hydrogen-bond donors (Lipinski definition) is 2. The first-order chi connectivity index (χ1) is 9.66. The van der Waals surface area contributed by atoms with Gasteiger partial charge in [0.1, 0.15) is 0 Å². The van der Waals surface area contributed by atoms with Gasteiger partial charge in [-0.15, -0.1) is 0 Å². The van der Waals surface area contributed by atoms with Crippen LogP contribution in [0.15, 0.2) is 30.3 Å². The third-order valence-corrected chi connectivity index (χ3v) is 3.87. The summed E-state index contributed by atoms with van der Waals surface area (Å²) < 4.78 is 0. The molecule has 0 aromatic heterocycles. The maximum atomic E-state index is 11.9. The third kappa shape index (κ3) is 2.28. The number of piperidine rings is 1. The summed E-state index contributed by atoms with van der Waals surface area (Å²) in [6, 6.07) is 9.17. The Morgan fingerprint density at radius 1 is 1.15 bits per heavy atom. The van der Waals surface area contributed by atoms with Crippen LogP contribution in [-0.4, -0.2) is 47.3 Å². The summed E-state index contributed by atoms with van der Waals surface area (Å²) in [5, 5.41) is 12.8. The van der Waals surface area contributed by atoms with Gasteiger partial charge in [-0.05, 0) is 18.6 Å². The quantitative estimate of drug-likeness (QED) is 0.737. The van der Waals surface area contributed by atoms with Gasteiger partial charge in [0, 0.05) is 25.2 Å². The summed E-state index contributed by atoms with van der Waals surface area (Å²) in [6.07, 6.45) is -0.0451. The van der Waals surface area contributed by atoms with E-state index in [2.05, 4.69) is 5.32 Å². The molecule has 0 spiro atoms.